The smallest absolute Gasteiger partial charge is 1.00 e. The van der Waals surface area contributed by atoms with Crippen LogP contribution in [0.4, 0.5) is 0 Å². The summed E-state index contributed by atoms with van der Waals surface area (Å²) in [6.07, 6.45) is 29.6. The maximum absolute atomic E-state index is 3.61. The minimum atomic E-state index is 0. The molecule has 0 aliphatic heterocycles. The Balaban J connectivity index is 0.000000174. The molecule has 0 N–H and O–H groups in total. The zero-order valence-corrected chi connectivity index (χ0v) is 39.9. The van der Waals surface area contributed by atoms with Crippen LogP contribution in [0.15, 0.2) is 191 Å². The third-order valence-electron chi connectivity index (χ3n) is 11.2. The van der Waals surface area contributed by atoms with Gasteiger partial charge < -0.3 is 24.8 Å². The van der Waals surface area contributed by atoms with Crippen molar-refractivity contribution >= 4 is 48.6 Å². The molecule has 0 nitrogen and oxygen atoms in total. The Kier molecular flexibility index (Phi) is 14.9. The van der Waals surface area contributed by atoms with Crippen LogP contribution in [0.2, 0.25) is 13.1 Å². The molecule has 288 valence electrons. The van der Waals surface area contributed by atoms with E-state index in [0.29, 0.717) is 11.8 Å². The molecule has 0 radical (unpaired) electrons. The van der Waals surface area contributed by atoms with Gasteiger partial charge in [0, 0.05) is 0 Å². The first-order chi connectivity index (χ1) is 27.4. The van der Waals surface area contributed by atoms with Crippen LogP contribution in [0.5, 0.6) is 0 Å². The van der Waals surface area contributed by atoms with Gasteiger partial charge in [0.2, 0.25) is 0 Å². The first kappa shape index (κ1) is 43.5. The van der Waals surface area contributed by atoms with E-state index in [1.807, 2.05) is 0 Å². The molecule has 0 fully saturated rings. The Labute approximate surface area is 372 Å². The monoisotopic (exact) mass is 974 g/mol. The molecule has 0 spiro atoms. The predicted octanol–water partition coefficient (Wildman–Crippen LogP) is 8.88. The molecule has 0 saturated heterocycles. The molecule has 4 aliphatic rings. The molecule has 58 heavy (non-hydrogen) atoms. The molecule has 2 unspecified atom stereocenters. The molecule has 0 amide bonds. The Bertz CT molecular complexity index is 2470. The van der Waals surface area contributed by atoms with E-state index in [2.05, 4.69) is 197 Å². The number of benzene rings is 6. The second-order valence-corrected chi connectivity index (χ2v) is 28.0. The van der Waals surface area contributed by atoms with Crippen LogP contribution in [-0.4, -0.2) is 5.49 Å². The molecular formula is C54H48Cl2HfSi-2. The maximum Gasteiger partial charge on any atom is -1.00 e. The van der Waals surface area contributed by atoms with Crippen molar-refractivity contribution in [3.63, 3.8) is 0 Å². The average Bonchev–Trinajstić information content (AvgIpc) is 3.71. The van der Waals surface area contributed by atoms with Crippen molar-refractivity contribution in [1.29, 1.82) is 0 Å². The first-order valence-electron chi connectivity index (χ1n) is 20.2. The number of allylic oxidation sites excluding steroid dienone is 16. The fourth-order valence-corrected chi connectivity index (χ4v) is 8.73. The second kappa shape index (κ2) is 19.8. The predicted molar refractivity (Wildman–Crippen MR) is 240 cm³/mol. The molecule has 4 heteroatoms. The van der Waals surface area contributed by atoms with Gasteiger partial charge in [-0.1, -0.05) is 123 Å². The number of rotatable bonds is 4. The topological polar surface area (TPSA) is 0 Å². The number of halogens is 2. The molecule has 6 aromatic carbocycles. The maximum atomic E-state index is 3.61. The van der Waals surface area contributed by atoms with Gasteiger partial charge in [0.15, 0.2) is 0 Å². The van der Waals surface area contributed by atoms with Gasteiger partial charge in [-0.25, -0.2) is 0 Å². The summed E-state index contributed by atoms with van der Waals surface area (Å²) < 4.78 is 0. The van der Waals surface area contributed by atoms with Gasteiger partial charge in [0.25, 0.3) is 0 Å². The molecule has 4 aliphatic carbocycles. The van der Waals surface area contributed by atoms with Crippen molar-refractivity contribution in [2.45, 2.75) is 64.5 Å². The first-order valence-corrected chi connectivity index (χ1v) is 28.1. The largest absolute Gasteiger partial charge is 1.00 e. The van der Waals surface area contributed by atoms with E-state index in [0.717, 1.165) is 25.7 Å². The molecule has 0 aromatic heterocycles. The standard InChI is InChI=1S/2C26H21.C2H6Si.2ClH.Hf/c2*1-2-18-15-19-9-5-8-14-24(25(19)16-18)26-22-12-6-3-10-20(22)17-21-11-4-7-13-23(21)26;1-3-2;;;/h2*3-13,16-17,24H,2,14H2,1H3;1-2H3;2*1H;/q2*-1;;;;+2/p-2. The van der Waals surface area contributed by atoms with Gasteiger partial charge in [-0.15, -0.1) is 47.6 Å². The van der Waals surface area contributed by atoms with E-state index >= 15 is 0 Å². The molecule has 0 heterocycles. The van der Waals surface area contributed by atoms with Gasteiger partial charge >= 0.3 is 41.6 Å². The van der Waals surface area contributed by atoms with Crippen LogP contribution in [0.25, 0.3) is 43.1 Å². The SMILES string of the molecule is CCC1=[C-]C2=CC=CCC(c3c4ccccc4cc4ccccc34)C2=C1.CCC1=[C-]C2=CC=CCC(c3c4ccccc4cc4ccccc34)C2=C1.C[Si](C)=[Hf+2].[Cl-].[Cl-]. The summed E-state index contributed by atoms with van der Waals surface area (Å²) in [5, 5.41) is 10.8. The van der Waals surface area contributed by atoms with Gasteiger partial charge in [-0.05, 0) is 104 Å². The number of hydrogen-bond donors (Lipinski definition) is 0. The Hall–Kier alpha value is -4.05. The van der Waals surface area contributed by atoms with Crippen molar-refractivity contribution in [2.75, 3.05) is 0 Å². The quantitative estimate of drug-likeness (QED) is 0.0942. The molecular weight excluding hydrogens is 926 g/mol. The third kappa shape index (κ3) is 9.07. The van der Waals surface area contributed by atoms with E-state index in [4.69, 9.17) is 0 Å². The normalized spacial score (nSPS) is 17.6. The van der Waals surface area contributed by atoms with E-state index in [-0.39, 0.29) is 30.3 Å². The number of fused-ring (bicyclic) bond motifs is 6. The minimum Gasteiger partial charge on any atom is -1.00 e. The van der Waals surface area contributed by atoms with Crippen molar-refractivity contribution in [2.24, 2.45) is 0 Å². The van der Waals surface area contributed by atoms with Gasteiger partial charge in [-0.3, -0.25) is 0 Å². The third-order valence-corrected chi connectivity index (χ3v) is 11.2. The van der Waals surface area contributed by atoms with Crippen LogP contribution >= 0.6 is 0 Å². The summed E-state index contributed by atoms with van der Waals surface area (Å²) in [6, 6.07) is 39.9. The summed E-state index contributed by atoms with van der Waals surface area (Å²) in [5.41, 5.74) is 11.2. The summed E-state index contributed by atoms with van der Waals surface area (Å²) in [4.78, 5) is 0. The fraction of sp³-hybridized carbons (Fsp3) is 0.185. The summed E-state index contributed by atoms with van der Waals surface area (Å²) >= 11 is 1.45. The van der Waals surface area contributed by atoms with E-state index < -0.39 is 0 Å². The molecule has 6 aromatic rings. The van der Waals surface area contributed by atoms with Crippen LogP contribution < -0.4 is 24.8 Å². The Morgan fingerprint density at radius 2 is 0.845 bits per heavy atom. The fourth-order valence-electron chi connectivity index (χ4n) is 8.73. The van der Waals surface area contributed by atoms with Gasteiger partial charge in [0.05, 0.1) is 0 Å². The van der Waals surface area contributed by atoms with Crippen molar-refractivity contribution in [3.8, 4) is 0 Å². The molecule has 2 atom stereocenters. The summed E-state index contributed by atoms with van der Waals surface area (Å²) in [5.74, 6) is 0.736. The molecule has 10 rings (SSSR count). The Morgan fingerprint density at radius 1 is 0.534 bits per heavy atom. The van der Waals surface area contributed by atoms with Crippen LogP contribution in [-0.2, 0) is 23.0 Å². The van der Waals surface area contributed by atoms with Crippen LogP contribution in [0, 0.1) is 12.2 Å². The Morgan fingerprint density at radius 3 is 1.16 bits per heavy atom. The molecule has 0 bridgehead atoms. The van der Waals surface area contributed by atoms with Crippen LogP contribution in [0.1, 0.15) is 62.5 Å². The van der Waals surface area contributed by atoms with Crippen LogP contribution in [0.3, 0.4) is 0 Å². The van der Waals surface area contributed by atoms with Gasteiger partial charge in [0.1, 0.15) is 0 Å². The zero-order chi connectivity index (χ0) is 38.6. The van der Waals surface area contributed by atoms with Crippen molar-refractivity contribution in [1.82, 2.24) is 0 Å². The van der Waals surface area contributed by atoms with Crippen molar-refractivity contribution < 1.29 is 47.8 Å². The second-order valence-electron chi connectivity index (χ2n) is 15.3. The average molecular weight is 974 g/mol. The zero-order valence-electron chi connectivity index (χ0n) is 33.8. The minimum absolute atomic E-state index is 0. The summed E-state index contributed by atoms with van der Waals surface area (Å²) in [6.45, 7) is 9.08. The van der Waals surface area contributed by atoms with Gasteiger partial charge in [-0.2, -0.15) is 34.4 Å². The van der Waals surface area contributed by atoms with E-state index in [9.17, 15) is 0 Å². The van der Waals surface area contributed by atoms with Crippen molar-refractivity contribution in [3.05, 3.63) is 215 Å². The van der Waals surface area contributed by atoms with E-state index in [1.54, 1.807) is 0 Å². The van der Waals surface area contributed by atoms with E-state index in [1.165, 1.54) is 111 Å². The summed E-state index contributed by atoms with van der Waals surface area (Å²) in [7, 11) is 0. The number of hydrogen-bond acceptors (Lipinski definition) is 0. The molecule has 0 saturated carbocycles.